The van der Waals surface area contributed by atoms with Crippen LogP contribution in [0.3, 0.4) is 0 Å². The zero-order valence-electron chi connectivity index (χ0n) is 9.48. The number of rotatable bonds is 5. The Bertz CT molecular complexity index is 335. The molecule has 1 aromatic rings. The van der Waals surface area contributed by atoms with Gasteiger partial charge in [0.2, 0.25) is 0 Å². The maximum Gasteiger partial charge on any atom is 0.0689 e. The first-order valence-electron chi connectivity index (χ1n) is 5.80. The van der Waals surface area contributed by atoms with Crippen LogP contribution in [-0.2, 0) is 11.2 Å². The van der Waals surface area contributed by atoms with Gasteiger partial charge in [-0.1, -0.05) is 12.1 Å². The number of hydrogen-bond acceptors (Lipinski definition) is 3. The van der Waals surface area contributed by atoms with Crippen LogP contribution in [0.25, 0.3) is 0 Å². The van der Waals surface area contributed by atoms with Gasteiger partial charge in [-0.3, -0.25) is 4.98 Å². The van der Waals surface area contributed by atoms with Crippen LogP contribution in [0.5, 0.6) is 0 Å². The SMILES string of the molecule is C1=C(CNCCc2cccnc2)COCC1. The summed E-state index contributed by atoms with van der Waals surface area (Å²) < 4.78 is 5.38. The van der Waals surface area contributed by atoms with Crippen LogP contribution < -0.4 is 5.32 Å². The topological polar surface area (TPSA) is 34.2 Å². The Morgan fingerprint density at radius 3 is 3.19 bits per heavy atom. The number of pyridine rings is 1. The number of hydrogen-bond donors (Lipinski definition) is 1. The van der Waals surface area contributed by atoms with E-state index in [2.05, 4.69) is 22.4 Å². The zero-order chi connectivity index (χ0) is 11.1. The van der Waals surface area contributed by atoms with Gasteiger partial charge < -0.3 is 10.1 Å². The van der Waals surface area contributed by atoms with Gasteiger partial charge in [-0.15, -0.1) is 0 Å². The maximum absolute atomic E-state index is 5.38. The Morgan fingerprint density at radius 2 is 2.44 bits per heavy atom. The minimum atomic E-state index is 0.792. The van der Waals surface area contributed by atoms with E-state index in [4.69, 9.17) is 4.74 Å². The molecule has 0 fully saturated rings. The van der Waals surface area contributed by atoms with Gasteiger partial charge in [0, 0.05) is 18.9 Å². The van der Waals surface area contributed by atoms with E-state index in [1.165, 1.54) is 11.1 Å². The first kappa shape index (κ1) is 11.3. The average molecular weight is 218 g/mol. The summed E-state index contributed by atoms with van der Waals surface area (Å²) in [7, 11) is 0. The molecule has 0 radical (unpaired) electrons. The fourth-order valence-electron chi connectivity index (χ4n) is 1.76. The van der Waals surface area contributed by atoms with Crippen molar-refractivity contribution in [2.45, 2.75) is 12.8 Å². The number of nitrogens with zero attached hydrogens (tertiary/aromatic N) is 1. The Morgan fingerprint density at radius 1 is 1.44 bits per heavy atom. The summed E-state index contributed by atoms with van der Waals surface area (Å²) in [4.78, 5) is 4.09. The van der Waals surface area contributed by atoms with Gasteiger partial charge in [0.05, 0.1) is 13.2 Å². The molecule has 1 aliphatic rings. The fraction of sp³-hybridized carbons (Fsp3) is 0.462. The molecule has 0 aromatic carbocycles. The molecule has 86 valence electrons. The van der Waals surface area contributed by atoms with Crippen molar-refractivity contribution in [2.24, 2.45) is 0 Å². The monoisotopic (exact) mass is 218 g/mol. The molecule has 0 bridgehead atoms. The lowest BCUT2D eigenvalue weighted by molar-refractivity contribution is 0.149. The largest absolute Gasteiger partial charge is 0.377 e. The predicted molar refractivity (Wildman–Crippen MR) is 64.3 cm³/mol. The zero-order valence-corrected chi connectivity index (χ0v) is 9.48. The summed E-state index contributed by atoms with van der Waals surface area (Å²) >= 11 is 0. The highest BCUT2D eigenvalue weighted by atomic mass is 16.5. The predicted octanol–water partition coefficient (Wildman–Crippen LogP) is 1.56. The first-order chi connectivity index (χ1) is 7.95. The smallest absolute Gasteiger partial charge is 0.0689 e. The second-order valence-corrected chi connectivity index (χ2v) is 3.99. The molecular formula is C13H18N2O. The summed E-state index contributed by atoms with van der Waals surface area (Å²) in [6.07, 6.45) is 8.09. The first-order valence-corrected chi connectivity index (χ1v) is 5.80. The Balaban J connectivity index is 1.63. The molecule has 3 nitrogen and oxygen atoms in total. The lowest BCUT2D eigenvalue weighted by atomic mass is 10.2. The summed E-state index contributed by atoms with van der Waals surface area (Å²) in [5.74, 6) is 0. The van der Waals surface area contributed by atoms with Gasteiger partial charge in [0.25, 0.3) is 0 Å². The highest BCUT2D eigenvalue weighted by molar-refractivity contribution is 5.09. The van der Waals surface area contributed by atoms with Crippen molar-refractivity contribution in [2.75, 3.05) is 26.3 Å². The third kappa shape index (κ3) is 3.76. The molecule has 0 amide bonds. The third-order valence-electron chi connectivity index (χ3n) is 2.65. The molecule has 2 heterocycles. The van der Waals surface area contributed by atoms with Gasteiger partial charge in [-0.25, -0.2) is 0 Å². The summed E-state index contributed by atoms with van der Waals surface area (Å²) in [6.45, 7) is 3.60. The summed E-state index contributed by atoms with van der Waals surface area (Å²) in [6, 6.07) is 4.09. The van der Waals surface area contributed by atoms with Crippen molar-refractivity contribution in [3.63, 3.8) is 0 Å². The molecular weight excluding hydrogens is 200 g/mol. The van der Waals surface area contributed by atoms with Crippen molar-refractivity contribution in [3.05, 3.63) is 41.7 Å². The molecule has 0 unspecified atom stereocenters. The molecule has 0 atom stereocenters. The second kappa shape index (κ2) is 6.40. The van der Waals surface area contributed by atoms with Crippen LogP contribution in [0.4, 0.5) is 0 Å². The van der Waals surface area contributed by atoms with E-state index in [1.54, 1.807) is 6.20 Å². The minimum Gasteiger partial charge on any atom is -0.377 e. The molecule has 1 aromatic heterocycles. The molecule has 3 heteroatoms. The van der Waals surface area contributed by atoms with Crippen molar-refractivity contribution in [3.8, 4) is 0 Å². The van der Waals surface area contributed by atoms with E-state index in [0.717, 1.165) is 39.1 Å². The summed E-state index contributed by atoms with van der Waals surface area (Å²) in [5, 5.41) is 3.43. The maximum atomic E-state index is 5.38. The van der Waals surface area contributed by atoms with Crippen molar-refractivity contribution in [1.29, 1.82) is 0 Å². The Labute approximate surface area is 96.5 Å². The highest BCUT2D eigenvalue weighted by Crippen LogP contribution is 2.04. The van der Waals surface area contributed by atoms with E-state index in [1.807, 2.05) is 12.3 Å². The van der Waals surface area contributed by atoms with Crippen LogP contribution in [0, 0.1) is 0 Å². The van der Waals surface area contributed by atoms with Crippen molar-refractivity contribution >= 4 is 0 Å². The van der Waals surface area contributed by atoms with Crippen molar-refractivity contribution in [1.82, 2.24) is 10.3 Å². The molecule has 0 spiro atoms. The van der Waals surface area contributed by atoms with Crippen LogP contribution in [-0.4, -0.2) is 31.3 Å². The average Bonchev–Trinajstić information content (AvgIpc) is 2.37. The molecule has 1 aliphatic heterocycles. The van der Waals surface area contributed by atoms with Gasteiger partial charge in [-0.2, -0.15) is 0 Å². The molecule has 0 saturated heterocycles. The Kier molecular flexibility index (Phi) is 4.52. The molecule has 0 aliphatic carbocycles. The van der Waals surface area contributed by atoms with Crippen LogP contribution >= 0.6 is 0 Å². The molecule has 0 saturated carbocycles. The lowest BCUT2D eigenvalue weighted by Crippen LogP contribution is -2.23. The van der Waals surface area contributed by atoms with E-state index >= 15 is 0 Å². The molecule has 1 N–H and O–H groups in total. The number of aromatic nitrogens is 1. The van der Waals surface area contributed by atoms with Crippen molar-refractivity contribution < 1.29 is 4.74 Å². The standard InChI is InChI=1S/C13H18N2O/c1-3-12(9-14-6-1)5-7-15-10-13-4-2-8-16-11-13/h1,3-4,6,9,15H,2,5,7-8,10-11H2. The fourth-order valence-corrected chi connectivity index (χ4v) is 1.76. The van der Waals surface area contributed by atoms with E-state index < -0.39 is 0 Å². The van der Waals surface area contributed by atoms with Crippen LogP contribution in [0.2, 0.25) is 0 Å². The van der Waals surface area contributed by atoms with Gasteiger partial charge in [0.1, 0.15) is 0 Å². The van der Waals surface area contributed by atoms with Gasteiger partial charge in [0.15, 0.2) is 0 Å². The van der Waals surface area contributed by atoms with E-state index in [0.29, 0.717) is 0 Å². The highest BCUT2D eigenvalue weighted by Gasteiger charge is 2.02. The third-order valence-corrected chi connectivity index (χ3v) is 2.65. The van der Waals surface area contributed by atoms with Crippen LogP contribution in [0.1, 0.15) is 12.0 Å². The summed E-state index contributed by atoms with van der Waals surface area (Å²) in [5.41, 5.74) is 2.65. The van der Waals surface area contributed by atoms with Gasteiger partial charge in [-0.05, 0) is 36.6 Å². The second-order valence-electron chi connectivity index (χ2n) is 3.99. The Hall–Kier alpha value is -1.19. The molecule has 16 heavy (non-hydrogen) atoms. The molecule has 2 rings (SSSR count). The van der Waals surface area contributed by atoms with E-state index in [9.17, 15) is 0 Å². The van der Waals surface area contributed by atoms with E-state index in [-0.39, 0.29) is 0 Å². The van der Waals surface area contributed by atoms with Gasteiger partial charge >= 0.3 is 0 Å². The normalized spacial score (nSPS) is 15.9. The lowest BCUT2D eigenvalue weighted by Gasteiger charge is -2.14. The number of ether oxygens (including phenoxy) is 1. The minimum absolute atomic E-state index is 0.792. The number of nitrogens with one attached hydrogen (secondary N) is 1. The quantitative estimate of drug-likeness (QED) is 0.601. The van der Waals surface area contributed by atoms with Crippen LogP contribution in [0.15, 0.2) is 36.2 Å².